The van der Waals surface area contributed by atoms with Crippen molar-refractivity contribution >= 4 is 15.9 Å². The normalized spacial score (nSPS) is 19.9. The third-order valence-electron chi connectivity index (χ3n) is 3.56. The molecule has 0 radical (unpaired) electrons. The number of hydrogen-bond acceptors (Lipinski definition) is 2. The molecule has 20 heavy (non-hydrogen) atoms. The molecule has 1 fully saturated rings. The van der Waals surface area contributed by atoms with Crippen molar-refractivity contribution in [2.24, 2.45) is 5.92 Å². The van der Waals surface area contributed by atoms with Crippen LogP contribution in [0, 0.1) is 5.92 Å². The van der Waals surface area contributed by atoms with E-state index in [2.05, 4.69) is 21.2 Å². The van der Waals surface area contributed by atoms with Gasteiger partial charge in [0.25, 0.3) is 0 Å². The van der Waals surface area contributed by atoms with Gasteiger partial charge in [-0.05, 0) is 71.9 Å². The fourth-order valence-electron chi connectivity index (χ4n) is 2.60. The molecular formula is C14H17BrF3NO. The lowest BCUT2D eigenvalue weighted by atomic mass is 9.91. The van der Waals surface area contributed by atoms with E-state index in [0.717, 1.165) is 32.0 Å². The van der Waals surface area contributed by atoms with Gasteiger partial charge in [0, 0.05) is 0 Å². The van der Waals surface area contributed by atoms with Crippen molar-refractivity contribution in [1.29, 1.82) is 0 Å². The summed E-state index contributed by atoms with van der Waals surface area (Å²) in [5.74, 6) is 0.858. The van der Waals surface area contributed by atoms with E-state index in [0.29, 0.717) is 28.1 Å². The van der Waals surface area contributed by atoms with E-state index in [-0.39, 0.29) is 0 Å². The van der Waals surface area contributed by atoms with Crippen LogP contribution in [0.2, 0.25) is 0 Å². The number of nitrogens with one attached hydrogen (secondary N) is 1. The lowest BCUT2D eigenvalue weighted by Crippen LogP contribution is -2.31. The Morgan fingerprint density at radius 1 is 1.40 bits per heavy atom. The van der Waals surface area contributed by atoms with Gasteiger partial charge in [0.15, 0.2) is 0 Å². The van der Waals surface area contributed by atoms with Crippen LogP contribution >= 0.6 is 15.9 Å². The molecule has 2 rings (SSSR count). The van der Waals surface area contributed by atoms with Gasteiger partial charge in [-0.2, -0.15) is 13.2 Å². The molecule has 0 bridgehead atoms. The number of halogens is 4. The maximum atomic E-state index is 12.9. The molecule has 1 aliphatic heterocycles. The van der Waals surface area contributed by atoms with Crippen LogP contribution in [-0.2, 0) is 12.6 Å². The number of hydrogen-bond donors (Lipinski definition) is 1. The van der Waals surface area contributed by atoms with Crippen LogP contribution in [0.15, 0.2) is 16.6 Å². The number of piperidine rings is 1. The molecule has 6 heteroatoms. The number of alkyl halides is 3. The van der Waals surface area contributed by atoms with Gasteiger partial charge in [0.05, 0.1) is 17.1 Å². The molecular weight excluding hydrogens is 335 g/mol. The van der Waals surface area contributed by atoms with Crippen molar-refractivity contribution in [2.45, 2.75) is 25.4 Å². The minimum atomic E-state index is -4.34. The first-order valence-electron chi connectivity index (χ1n) is 6.56. The summed E-state index contributed by atoms with van der Waals surface area (Å²) >= 11 is 3.17. The molecule has 0 amide bonds. The van der Waals surface area contributed by atoms with Crippen molar-refractivity contribution in [3.8, 4) is 5.75 Å². The van der Waals surface area contributed by atoms with Crippen LogP contribution in [0.25, 0.3) is 0 Å². The van der Waals surface area contributed by atoms with E-state index < -0.39 is 11.7 Å². The average Bonchev–Trinajstić information content (AvgIpc) is 2.38. The smallest absolute Gasteiger partial charge is 0.416 e. The van der Waals surface area contributed by atoms with Crippen molar-refractivity contribution in [3.63, 3.8) is 0 Å². The molecule has 0 aromatic heterocycles. The summed E-state index contributed by atoms with van der Waals surface area (Å²) < 4.78 is 44.3. The minimum absolute atomic E-state index is 0.355. The van der Waals surface area contributed by atoms with Crippen molar-refractivity contribution < 1.29 is 17.9 Å². The highest BCUT2D eigenvalue weighted by atomic mass is 79.9. The Morgan fingerprint density at radius 2 is 2.15 bits per heavy atom. The Labute approximate surface area is 124 Å². The molecule has 1 aromatic rings. The van der Waals surface area contributed by atoms with Crippen molar-refractivity contribution in [1.82, 2.24) is 5.32 Å². The monoisotopic (exact) mass is 351 g/mol. The second-order valence-corrected chi connectivity index (χ2v) is 5.92. The molecule has 112 valence electrons. The topological polar surface area (TPSA) is 21.3 Å². The van der Waals surface area contributed by atoms with E-state index in [4.69, 9.17) is 4.74 Å². The molecule has 1 saturated heterocycles. The first-order valence-corrected chi connectivity index (χ1v) is 7.35. The van der Waals surface area contributed by atoms with Gasteiger partial charge in [-0.3, -0.25) is 0 Å². The Hall–Kier alpha value is -0.750. The molecule has 0 spiro atoms. The Morgan fingerprint density at radius 3 is 2.70 bits per heavy atom. The van der Waals surface area contributed by atoms with Crippen LogP contribution in [0.1, 0.15) is 24.0 Å². The molecule has 0 saturated carbocycles. The molecule has 2 nitrogen and oxygen atoms in total. The van der Waals surface area contributed by atoms with E-state index in [1.54, 1.807) is 0 Å². The average molecular weight is 352 g/mol. The molecule has 0 aliphatic carbocycles. The molecule has 1 unspecified atom stereocenters. The van der Waals surface area contributed by atoms with Crippen LogP contribution < -0.4 is 10.1 Å². The Balaban J connectivity index is 2.30. The second-order valence-electron chi connectivity index (χ2n) is 5.06. The van der Waals surface area contributed by atoms with E-state index in [1.807, 2.05) is 0 Å². The molecule has 1 atom stereocenters. The van der Waals surface area contributed by atoms with Crippen LogP contribution in [0.3, 0.4) is 0 Å². The van der Waals surface area contributed by atoms with E-state index >= 15 is 0 Å². The van der Waals surface area contributed by atoms with Gasteiger partial charge in [0.1, 0.15) is 5.75 Å². The van der Waals surface area contributed by atoms with E-state index in [1.165, 1.54) is 13.2 Å². The predicted octanol–water partition coefficient (Wildman–Crippen LogP) is 4.02. The number of benzene rings is 1. The predicted molar refractivity (Wildman–Crippen MR) is 75.0 cm³/mol. The van der Waals surface area contributed by atoms with Crippen LogP contribution in [-0.4, -0.2) is 20.2 Å². The van der Waals surface area contributed by atoms with E-state index in [9.17, 15) is 13.2 Å². The first-order chi connectivity index (χ1) is 9.41. The van der Waals surface area contributed by atoms with Crippen molar-refractivity contribution in [2.75, 3.05) is 20.2 Å². The third kappa shape index (κ3) is 3.67. The lowest BCUT2D eigenvalue weighted by Gasteiger charge is -2.24. The second kappa shape index (κ2) is 6.35. The summed E-state index contributed by atoms with van der Waals surface area (Å²) in [6, 6.07) is 2.28. The largest absolute Gasteiger partial charge is 0.495 e. The van der Waals surface area contributed by atoms with Gasteiger partial charge in [-0.1, -0.05) is 0 Å². The summed E-state index contributed by atoms with van der Waals surface area (Å²) in [4.78, 5) is 0. The first kappa shape index (κ1) is 15.6. The minimum Gasteiger partial charge on any atom is -0.495 e. The van der Waals surface area contributed by atoms with Crippen LogP contribution in [0.4, 0.5) is 13.2 Å². The maximum Gasteiger partial charge on any atom is 0.416 e. The zero-order valence-electron chi connectivity index (χ0n) is 11.2. The number of ether oxygens (including phenoxy) is 1. The molecule has 1 N–H and O–H groups in total. The Bertz CT molecular complexity index is 470. The highest BCUT2D eigenvalue weighted by molar-refractivity contribution is 9.10. The summed E-state index contributed by atoms with van der Waals surface area (Å²) in [6.07, 6.45) is -1.65. The Kier molecular flexibility index (Phi) is 4.96. The lowest BCUT2D eigenvalue weighted by molar-refractivity contribution is -0.137. The zero-order valence-corrected chi connectivity index (χ0v) is 12.8. The fourth-order valence-corrected chi connectivity index (χ4v) is 3.27. The fraction of sp³-hybridized carbons (Fsp3) is 0.571. The van der Waals surface area contributed by atoms with Crippen molar-refractivity contribution in [3.05, 3.63) is 27.7 Å². The molecule has 1 aromatic carbocycles. The molecule has 1 aliphatic rings. The van der Waals surface area contributed by atoms with Gasteiger partial charge < -0.3 is 10.1 Å². The summed E-state index contributed by atoms with van der Waals surface area (Å²) in [5.41, 5.74) is -0.0214. The highest BCUT2D eigenvalue weighted by Gasteiger charge is 2.32. The standard InChI is InChI=1S/C14H17BrF3NO/c1-20-13-10(5-9-3-2-4-19-8-9)6-11(7-12(13)15)14(16,17)18/h6-7,9,19H,2-5,8H2,1H3. The van der Waals surface area contributed by atoms with Crippen LogP contribution in [0.5, 0.6) is 5.75 Å². The van der Waals surface area contributed by atoms with Gasteiger partial charge in [-0.25, -0.2) is 0 Å². The number of methoxy groups -OCH3 is 1. The number of rotatable bonds is 3. The maximum absolute atomic E-state index is 12.9. The third-order valence-corrected chi connectivity index (χ3v) is 4.15. The summed E-state index contributed by atoms with van der Waals surface area (Å²) in [7, 11) is 1.48. The highest BCUT2D eigenvalue weighted by Crippen LogP contribution is 2.38. The molecule has 1 heterocycles. The summed E-state index contributed by atoms with van der Waals surface area (Å²) in [5, 5.41) is 3.28. The zero-order chi connectivity index (χ0) is 14.8. The SMILES string of the molecule is COc1c(Br)cc(C(F)(F)F)cc1CC1CCCNC1. The quantitative estimate of drug-likeness (QED) is 0.887. The van der Waals surface area contributed by atoms with Gasteiger partial charge >= 0.3 is 6.18 Å². The van der Waals surface area contributed by atoms with Gasteiger partial charge in [-0.15, -0.1) is 0 Å². The van der Waals surface area contributed by atoms with Gasteiger partial charge in [0.2, 0.25) is 0 Å². The summed E-state index contributed by atoms with van der Waals surface area (Å²) in [6.45, 7) is 1.83.